The predicted octanol–water partition coefficient (Wildman–Crippen LogP) is 3.61. The van der Waals surface area contributed by atoms with Gasteiger partial charge in [-0.05, 0) is 55.0 Å². The molecule has 4 heterocycles. The monoisotopic (exact) mass is 483 g/mol. The molecule has 1 amide bonds. The predicted molar refractivity (Wildman–Crippen MR) is 134 cm³/mol. The van der Waals surface area contributed by atoms with Crippen LogP contribution >= 0.6 is 0 Å². The Morgan fingerprint density at radius 3 is 2.86 bits per heavy atom. The molecule has 0 saturated carbocycles. The molecule has 36 heavy (non-hydrogen) atoms. The van der Waals surface area contributed by atoms with Gasteiger partial charge in [0, 0.05) is 24.5 Å². The van der Waals surface area contributed by atoms with Crippen LogP contribution in [0, 0.1) is 6.92 Å². The highest BCUT2D eigenvalue weighted by Crippen LogP contribution is 2.25. The molecule has 9 heteroatoms. The summed E-state index contributed by atoms with van der Waals surface area (Å²) in [6.07, 6.45) is 5.70. The number of hydrogen-bond acceptors (Lipinski definition) is 7. The number of ether oxygens (including phenoxy) is 1. The number of nitrogens with zero attached hydrogens (tertiary/aromatic N) is 4. The van der Waals surface area contributed by atoms with Gasteiger partial charge in [-0.1, -0.05) is 12.1 Å². The normalized spacial score (nSPS) is 11.9. The number of nitrogens with one attached hydrogen (secondary N) is 1. The number of fused-ring (bicyclic) bond motifs is 1. The van der Waals surface area contributed by atoms with Crippen molar-refractivity contribution in [2.45, 2.75) is 19.6 Å². The standard InChI is InChI=1S/C27H25N5O4/c1-18-5-2-7-21(11-18)36-17-20(33)14-29-27(34)23-12-25(19-6-3-9-28-13-19)31-26-24(23)15-30-32(26)16-22-8-4-10-35-22/h2-13,15,20,33H,14,16-17H2,1H3,(H,29,34). The van der Waals surface area contributed by atoms with E-state index in [1.165, 1.54) is 0 Å². The Kier molecular flexibility index (Phi) is 6.72. The number of aryl methyl sites for hydroxylation is 1. The molecule has 0 aliphatic carbocycles. The van der Waals surface area contributed by atoms with E-state index < -0.39 is 6.10 Å². The van der Waals surface area contributed by atoms with Gasteiger partial charge in [0.05, 0.1) is 29.1 Å². The maximum Gasteiger partial charge on any atom is 0.252 e. The van der Waals surface area contributed by atoms with E-state index in [0.717, 1.165) is 16.9 Å². The highest BCUT2D eigenvalue weighted by atomic mass is 16.5. The SMILES string of the molecule is Cc1cccc(OCC(O)CNC(=O)c2cc(-c3cccnc3)nc3c2cnn3Cc2ccco2)c1. The Labute approximate surface area is 207 Å². The van der Waals surface area contributed by atoms with Crippen molar-refractivity contribution in [3.63, 3.8) is 0 Å². The van der Waals surface area contributed by atoms with Crippen LogP contribution < -0.4 is 10.1 Å². The minimum atomic E-state index is -0.883. The second-order valence-electron chi connectivity index (χ2n) is 8.41. The average molecular weight is 484 g/mol. The second-order valence-corrected chi connectivity index (χ2v) is 8.41. The number of benzene rings is 1. The quantitative estimate of drug-likeness (QED) is 0.329. The van der Waals surface area contributed by atoms with Gasteiger partial charge in [-0.3, -0.25) is 9.78 Å². The fourth-order valence-electron chi connectivity index (χ4n) is 3.83. The van der Waals surface area contributed by atoms with Crippen molar-refractivity contribution in [1.82, 2.24) is 25.1 Å². The lowest BCUT2D eigenvalue weighted by molar-refractivity contribution is 0.0845. The highest BCUT2D eigenvalue weighted by Gasteiger charge is 2.19. The first-order valence-corrected chi connectivity index (χ1v) is 11.5. The van der Waals surface area contributed by atoms with E-state index in [-0.39, 0.29) is 19.1 Å². The van der Waals surface area contributed by atoms with Gasteiger partial charge < -0.3 is 19.6 Å². The highest BCUT2D eigenvalue weighted by molar-refractivity contribution is 6.06. The fraction of sp³-hybridized carbons (Fsp3) is 0.185. The van der Waals surface area contributed by atoms with E-state index in [9.17, 15) is 9.90 Å². The van der Waals surface area contributed by atoms with Crippen LogP contribution in [0.5, 0.6) is 5.75 Å². The molecule has 5 aromatic rings. The number of aliphatic hydroxyl groups excluding tert-OH is 1. The number of pyridine rings is 2. The largest absolute Gasteiger partial charge is 0.491 e. The zero-order valence-electron chi connectivity index (χ0n) is 19.7. The maximum atomic E-state index is 13.2. The van der Waals surface area contributed by atoms with Crippen LogP contribution in [0.4, 0.5) is 0 Å². The molecule has 0 bridgehead atoms. The number of aromatic nitrogens is 4. The van der Waals surface area contributed by atoms with E-state index >= 15 is 0 Å². The summed E-state index contributed by atoms with van der Waals surface area (Å²) >= 11 is 0. The average Bonchev–Trinajstić information content (AvgIpc) is 3.56. The molecule has 0 aliphatic heterocycles. The molecule has 0 fully saturated rings. The second kappa shape index (κ2) is 10.4. The number of carbonyl (C=O) groups is 1. The molecule has 9 nitrogen and oxygen atoms in total. The molecule has 4 aromatic heterocycles. The van der Waals surface area contributed by atoms with Gasteiger partial charge in [0.2, 0.25) is 0 Å². The van der Waals surface area contributed by atoms with Crippen molar-refractivity contribution < 1.29 is 19.1 Å². The summed E-state index contributed by atoms with van der Waals surface area (Å²) in [5, 5.41) is 18.2. The summed E-state index contributed by atoms with van der Waals surface area (Å²) in [6.45, 7) is 2.42. The molecule has 182 valence electrons. The zero-order valence-corrected chi connectivity index (χ0v) is 19.7. The van der Waals surface area contributed by atoms with Crippen LogP contribution in [-0.2, 0) is 6.54 Å². The van der Waals surface area contributed by atoms with E-state index in [1.807, 2.05) is 55.5 Å². The zero-order chi connectivity index (χ0) is 24.9. The molecule has 5 rings (SSSR count). The van der Waals surface area contributed by atoms with E-state index in [0.29, 0.717) is 34.6 Å². The van der Waals surface area contributed by atoms with Crippen LogP contribution in [0.2, 0.25) is 0 Å². The molecule has 0 radical (unpaired) electrons. The van der Waals surface area contributed by atoms with Crippen LogP contribution in [0.15, 0.2) is 83.9 Å². The van der Waals surface area contributed by atoms with Crippen LogP contribution in [0.25, 0.3) is 22.3 Å². The number of amides is 1. The van der Waals surface area contributed by atoms with Gasteiger partial charge in [-0.15, -0.1) is 0 Å². The summed E-state index contributed by atoms with van der Waals surface area (Å²) in [7, 11) is 0. The van der Waals surface area contributed by atoms with Crippen molar-refractivity contribution in [2.75, 3.05) is 13.2 Å². The molecule has 1 atom stereocenters. The minimum absolute atomic E-state index is 0.0250. The first kappa shape index (κ1) is 23.3. The maximum absolute atomic E-state index is 13.2. The van der Waals surface area contributed by atoms with Crippen LogP contribution in [0.3, 0.4) is 0 Å². The summed E-state index contributed by atoms with van der Waals surface area (Å²) < 4.78 is 12.8. The lowest BCUT2D eigenvalue weighted by Gasteiger charge is -2.14. The number of furan rings is 1. The van der Waals surface area contributed by atoms with E-state index in [1.54, 1.807) is 35.6 Å². The lowest BCUT2D eigenvalue weighted by Crippen LogP contribution is -2.35. The van der Waals surface area contributed by atoms with Crippen molar-refractivity contribution in [2.24, 2.45) is 0 Å². The number of hydrogen-bond donors (Lipinski definition) is 2. The molecule has 1 aromatic carbocycles. The number of rotatable bonds is 9. The van der Waals surface area contributed by atoms with Gasteiger partial charge in [0.25, 0.3) is 5.91 Å². The summed E-state index contributed by atoms with van der Waals surface area (Å²) in [6, 6.07) is 16.6. The molecular weight excluding hydrogens is 458 g/mol. The van der Waals surface area contributed by atoms with Gasteiger partial charge in [0.15, 0.2) is 5.65 Å². The van der Waals surface area contributed by atoms with Crippen molar-refractivity contribution in [3.05, 3.63) is 96.3 Å². The third kappa shape index (κ3) is 5.26. The molecule has 1 unspecified atom stereocenters. The first-order chi connectivity index (χ1) is 17.6. The number of aliphatic hydroxyl groups is 1. The summed E-state index contributed by atoms with van der Waals surface area (Å²) in [4.78, 5) is 22.2. The summed E-state index contributed by atoms with van der Waals surface area (Å²) in [5.74, 6) is 1.04. The Hall–Kier alpha value is -4.50. The Balaban J connectivity index is 1.37. The van der Waals surface area contributed by atoms with E-state index in [4.69, 9.17) is 14.1 Å². The summed E-state index contributed by atoms with van der Waals surface area (Å²) in [5.41, 5.74) is 3.36. The van der Waals surface area contributed by atoms with Gasteiger partial charge >= 0.3 is 0 Å². The van der Waals surface area contributed by atoms with Crippen LogP contribution in [0.1, 0.15) is 21.7 Å². The smallest absolute Gasteiger partial charge is 0.252 e. The Bertz CT molecular complexity index is 1460. The topological polar surface area (TPSA) is 115 Å². The lowest BCUT2D eigenvalue weighted by atomic mass is 10.1. The molecule has 0 aliphatic rings. The van der Waals surface area contributed by atoms with E-state index in [2.05, 4.69) is 15.4 Å². The Morgan fingerprint density at radius 1 is 1.17 bits per heavy atom. The van der Waals surface area contributed by atoms with Gasteiger partial charge in [-0.2, -0.15) is 5.10 Å². The van der Waals surface area contributed by atoms with Crippen LogP contribution in [-0.4, -0.2) is 50.0 Å². The number of carbonyl (C=O) groups excluding carboxylic acids is 1. The first-order valence-electron chi connectivity index (χ1n) is 11.5. The van der Waals surface area contributed by atoms with Gasteiger partial charge in [-0.25, -0.2) is 9.67 Å². The third-order valence-corrected chi connectivity index (χ3v) is 5.63. The molecule has 2 N–H and O–H groups in total. The van der Waals surface area contributed by atoms with Crippen molar-refractivity contribution in [1.29, 1.82) is 0 Å². The molecule has 0 spiro atoms. The fourth-order valence-corrected chi connectivity index (χ4v) is 3.83. The van der Waals surface area contributed by atoms with Crippen molar-refractivity contribution >= 4 is 16.9 Å². The molecular formula is C27H25N5O4. The van der Waals surface area contributed by atoms with Crippen molar-refractivity contribution in [3.8, 4) is 17.0 Å². The Morgan fingerprint density at radius 2 is 2.08 bits per heavy atom. The third-order valence-electron chi connectivity index (χ3n) is 5.63. The minimum Gasteiger partial charge on any atom is -0.491 e. The molecule has 0 saturated heterocycles. The van der Waals surface area contributed by atoms with Gasteiger partial charge in [0.1, 0.15) is 30.8 Å².